The highest BCUT2D eigenvalue weighted by molar-refractivity contribution is 7.13. The van der Waals surface area contributed by atoms with E-state index in [-0.39, 0.29) is 0 Å². The summed E-state index contributed by atoms with van der Waals surface area (Å²) in [6.45, 7) is 2.20. The lowest BCUT2D eigenvalue weighted by Gasteiger charge is -1.94. The molecule has 2 nitrogen and oxygen atoms in total. The van der Waals surface area contributed by atoms with E-state index in [4.69, 9.17) is 0 Å². The molecule has 0 aliphatic carbocycles. The SMILES string of the molecule is CCc1ccc(CCc2csc(NC)n2)s1. The number of thiophene rings is 1. The van der Waals surface area contributed by atoms with E-state index in [1.807, 2.05) is 18.4 Å². The van der Waals surface area contributed by atoms with E-state index >= 15 is 0 Å². The third-order valence-electron chi connectivity index (χ3n) is 2.46. The maximum absolute atomic E-state index is 4.48. The molecule has 2 rings (SSSR count). The summed E-state index contributed by atoms with van der Waals surface area (Å²) in [5.74, 6) is 0. The van der Waals surface area contributed by atoms with Gasteiger partial charge in [0.05, 0.1) is 5.69 Å². The zero-order valence-electron chi connectivity index (χ0n) is 9.62. The van der Waals surface area contributed by atoms with Gasteiger partial charge < -0.3 is 5.32 Å². The lowest BCUT2D eigenvalue weighted by atomic mass is 10.2. The number of rotatable bonds is 5. The average molecular weight is 252 g/mol. The highest BCUT2D eigenvalue weighted by Crippen LogP contribution is 2.20. The summed E-state index contributed by atoms with van der Waals surface area (Å²) in [4.78, 5) is 7.43. The molecule has 1 N–H and O–H groups in total. The lowest BCUT2D eigenvalue weighted by molar-refractivity contribution is 0.943. The van der Waals surface area contributed by atoms with Gasteiger partial charge in [-0.1, -0.05) is 6.92 Å². The molecule has 0 bridgehead atoms. The van der Waals surface area contributed by atoms with Gasteiger partial charge >= 0.3 is 0 Å². The molecule has 0 atom stereocenters. The summed E-state index contributed by atoms with van der Waals surface area (Å²) in [7, 11) is 1.91. The molecular weight excluding hydrogens is 236 g/mol. The summed E-state index contributed by atoms with van der Waals surface area (Å²) < 4.78 is 0. The number of nitrogens with zero attached hydrogens (tertiary/aromatic N) is 1. The van der Waals surface area contributed by atoms with Crippen molar-refractivity contribution in [1.82, 2.24) is 4.98 Å². The zero-order chi connectivity index (χ0) is 11.4. The predicted molar refractivity (Wildman–Crippen MR) is 72.8 cm³/mol. The first kappa shape index (κ1) is 11.6. The van der Waals surface area contributed by atoms with Crippen LogP contribution < -0.4 is 5.32 Å². The molecule has 0 amide bonds. The normalized spacial score (nSPS) is 10.6. The van der Waals surface area contributed by atoms with Gasteiger partial charge in [0.25, 0.3) is 0 Å². The van der Waals surface area contributed by atoms with Gasteiger partial charge in [0.2, 0.25) is 0 Å². The van der Waals surface area contributed by atoms with Crippen LogP contribution in [0.25, 0.3) is 0 Å². The van der Waals surface area contributed by atoms with Crippen molar-refractivity contribution in [3.63, 3.8) is 0 Å². The fourth-order valence-corrected chi connectivity index (χ4v) is 3.20. The van der Waals surface area contributed by atoms with Crippen molar-refractivity contribution >= 4 is 27.8 Å². The number of aromatic nitrogens is 1. The molecule has 2 aromatic heterocycles. The van der Waals surface area contributed by atoms with Gasteiger partial charge in [-0.2, -0.15) is 0 Å². The number of thiazole rings is 1. The molecule has 86 valence electrons. The molecule has 0 aliphatic heterocycles. The molecule has 0 radical (unpaired) electrons. The fraction of sp³-hybridized carbons (Fsp3) is 0.417. The standard InChI is InChI=1S/C12H16N2S2/c1-3-10-6-7-11(16-10)5-4-9-8-15-12(13-2)14-9/h6-8H,3-5H2,1-2H3,(H,13,14). The highest BCUT2D eigenvalue weighted by Gasteiger charge is 2.03. The number of nitrogens with one attached hydrogen (secondary N) is 1. The van der Waals surface area contributed by atoms with Crippen LogP contribution in [0.1, 0.15) is 22.4 Å². The Morgan fingerprint density at radius 2 is 2.06 bits per heavy atom. The van der Waals surface area contributed by atoms with Gasteiger partial charge in [0.1, 0.15) is 0 Å². The van der Waals surface area contributed by atoms with Crippen LogP contribution in [-0.4, -0.2) is 12.0 Å². The van der Waals surface area contributed by atoms with Crippen molar-refractivity contribution in [3.05, 3.63) is 33.0 Å². The lowest BCUT2D eigenvalue weighted by Crippen LogP contribution is -1.91. The third kappa shape index (κ3) is 2.83. The van der Waals surface area contributed by atoms with Gasteiger partial charge in [-0.05, 0) is 31.4 Å². The van der Waals surface area contributed by atoms with Crippen LogP contribution in [0.2, 0.25) is 0 Å². The van der Waals surface area contributed by atoms with Crippen LogP contribution in [0.5, 0.6) is 0 Å². The second-order valence-electron chi connectivity index (χ2n) is 3.62. The van der Waals surface area contributed by atoms with Crippen LogP contribution >= 0.6 is 22.7 Å². The monoisotopic (exact) mass is 252 g/mol. The second-order valence-corrected chi connectivity index (χ2v) is 5.73. The molecule has 0 unspecified atom stereocenters. The first-order valence-corrected chi connectivity index (χ1v) is 7.21. The van der Waals surface area contributed by atoms with Gasteiger partial charge in [-0.15, -0.1) is 22.7 Å². The maximum atomic E-state index is 4.48. The Labute approximate surface area is 104 Å². The highest BCUT2D eigenvalue weighted by atomic mass is 32.1. The van der Waals surface area contributed by atoms with Crippen molar-refractivity contribution in [3.8, 4) is 0 Å². The first-order valence-electron chi connectivity index (χ1n) is 5.51. The van der Waals surface area contributed by atoms with Crippen LogP contribution in [0.15, 0.2) is 17.5 Å². The quantitative estimate of drug-likeness (QED) is 0.879. The van der Waals surface area contributed by atoms with Crippen molar-refractivity contribution in [2.45, 2.75) is 26.2 Å². The number of hydrogen-bond donors (Lipinski definition) is 1. The molecule has 0 aromatic carbocycles. The molecule has 2 aromatic rings. The zero-order valence-corrected chi connectivity index (χ0v) is 11.3. The second kappa shape index (κ2) is 5.46. The Morgan fingerprint density at radius 1 is 1.25 bits per heavy atom. The molecule has 0 aliphatic rings. The van der Waals surface area contributed by atoms with Gasteiger partial charge in [0.15, 0.2) is 5.13 Å². The minimum atomic E-state index is 1.01. The smallest absolute Gasteiger partial charge is 0.182 e. The summed E-state index contributed by atoms with van der Waals surface area (Å²) >= 11 is 3.60. The number of hydrogen-bond acceptors (Lipinski definition) is 4. The molecule has 0 saturated carbocycles. The molecule has 0 spiro atoms. The van der Waals surface area contributed by atoms with Crippen molar-refractivity contribution in [2.24, 2.45) is 0 Å². The Bertz CT molecular complexity index is 403. The maximum Gasteiger partial charge on any atom is 0.182 e. The van der Waals surface area contributed by atoms with Crippen LogP contribution in [0.3, 0.4) is 0 Å². The number of anilines is 1. The van der Waals surface area contributed by atoms with E-state index < -0.39 is 0 Å². The van der Waals surface area contributed by atoms with E-state index in [1.54, 1.807) is 11.3 Å². The van der Waals surface area contributed by atoms with Gasteiger partial charge in [0, 0.05) is 22.2 Å². The van der Waals surface area contributed by atoms with Crippen molar-refractivity contribution in [1.29, 1.82) is 0 Å². The van der Waals surface area contributed by atoms with Gasteiger partial charge in [-0.3, -0.25) is 0 Å². The Balaban J connectivity index is 1.91. The van der Waals surface area contributed by atoms with E-state index in [0.717, 1.165) is 24.4 Å². The van der Waals surface area contributed by atoms with E-state index in [9.17, 15) is 0 Å². The fourth-order valence-electron chi connectivity index (χ4n) is 1.53. The van der Waals surface area contributed by atoms with Crippen LogP contribution in [0, 0.1) is 0 Å². The molecule has 2 heterocycles. The summed E-state index contributed by atoms with van der Waals surface area (Å²) in [6.07, 6.45) is 3.30. The molecular formula is C12H16N2S2. The summed E-state index contributed by atoms with van der Waals surface area (Å²) in [5.41, 5.74) is 1.20. The van der Waals surface area contributed by atoms with Crippen molar-refractivity contribution in [2.75, 3.05) is 12.4 Å². The first-order chi connectivity index (χ1) is 7.81. The molecule has 4 heteroatoms. The van der Waals surface area contributed by atoms with E-state index in [0.29, 0.717) is 0 Å². The summed E-state index contributed by atoms with van der Waals surface area (Å²) in [6, 6.07) is 4.48. The largest absolute Gasteiger partial charge is 0.365 e. The predicted octanol–water partition coefficient (Wildman–Crippen LogP) is 3.59. The Kier molecular flexibility index (Phi) is 3.96. The Hall–Kier alpha value is -0.870. The minimum absolute atomic E-state index is 1.01. The minimum Gasteiger partial charge on any atom is -0.365 e. The van der Waals surface area contributed by atoms with E-state index in [1.165, 1.54) is 15.4 Å². The number of aryl methyl sites for hydroxylation is 3. The average Bonchev–Trinajstić information content (AvgIpc) is 2.95. The molecule has 0 saturated heterocycles. The third-order valence-corrected chi connectivity index (χ3v) is 4.66. The summed E-state index contributed by atoms with van der Waals surface area (Å²) in [5, 5.41) is 6.22. The van der Waals surface area contributed by atoms with E-state index in [2.05, 4.69) is 34.7 Å². The molecule has 16 heavy (non-hydrogen) atoms. The van der Waals surface area contributed by atoms with Gasteiger partial charge in [-0.25, -0.2) is 4.98 Å². The van der Waals surface area contributed by atoms with Crippen LogP contribution in [0.4, 0.5) is 5.13 Å². The van der Waals surface area contributed by atoms with Crippen molar-refractivity contribution < 1.29 is 0 Å². The topological polar surface area (TPSA) is 24.9 Å². The molecule has 0 fully saturated rings. The van der Waals surface area contributed by atoms with Crippen LogP contribution in [-0.2, 0) is 19.3 Å². The Morgan fingerprint density at radius 3 is 2.69 bits per heavy atom.